The Hall–Kier alpha value is -2.71. The largest absolute Gasteiger partial charge is 0.411 e. The third-order valence-electron chi connectivity index (χ3n) is 4.40. The molecule has 1 amide bonds. The number of quaternary nitrogens is 1. The molecule has 3 rings (SSSR count). The molecule has 0 spiro atoms. The van der Waals surface area contributed by atoms with Gasteiger partial charge in [0.1, 0.15) is 18.1 Å². The van der Waals surface area contributed by atoms with Crippen molar-refractivity contribution in [3.8, 4) is 0 Å². The lowest BCUT2D eigenvalue weighted by molar-refractivity contribution is -0.820. The molecule has 6 nitrogen and oxygen atoms in total. The van der Waals surface area contributed by atoms with Crippen molar-refractivity contribution in [2.45, 2.75) is 25.3 Å². The molecular weight excluding hydrogens is 391 g/mol. The van der Waals surface area contributed by atoms with Gasteiger partial charge in [0.25, 0.3) is 0 Å². The van der Waals surface area contributed by atoms with E-state index in [0.29, 0.717) is 6.54 Å². The van der Waals surface area contributed by atoms with Crippen LogP contribution < -0.4 is 5.32 Å². The number of rotatable bonds is 7. The Morgan fingerprint density at radius 1 is 1.28 bits per heavy atom. The van der Waals surface area contributed by atoms with Crippen molar-refractivity contribution in [1.82, 2.24) is 10.3 Å². The maximum Gasteiger partial charge on any atom is 0.411 e. The van der Waals surface area contributed by atoms with Gasteiger partial charge in [0.15, 0.2) is 6.34 Å². The second-order valence-corrected chi connectivity index (χ2v) is 8.04. The molecule has 1 aromatic heterocycles. The molecule has 2 heterocycles. The molecule has 8 heteroatoms. The predicted molar refractivity (Wildman–Crippen MR) is 111 cm³/mol. The van der Waals surface area contributed by atoms with Crippen LogP contribution in [0, 0.1) is 11.7 Å². The monoisotopic (exact) mass is 415 g/mol. The quantitative estimate of drug-likeness (QED) is 0.676. The fourth-order valence-electron chi connectivity index (χ4n) is 2.97. The Kier molecular flexibility index (Phi) is 6.66. The summed E-state index contributed by atoms with van der Waals surface area (Å²) in [5, 5.41) is 3.36. The van der Waals surface area contributed by atoms with Gasteiger partial charge < -0.3 is 10.1 Å². The second-order valence-electron chi connectivity index (χ2n) is 6.97. The minimum Gasteiger partial charge on any atom is -0.398 e. The highest BCUT2D eigenvalue weighted by atomic mass is 32.2. The van der Waals surface area contributed by atoms with Crippen LogP contribution in [0.25, 0.3) is 0 Å². The van der Waals surface area contributed by atoms with E-state index < -0.39 is 6.09 Å². The number of ether oxygens (including phenoxy) is 1. The SMILES string of the molecule is CNC(=O)OC[N+]1(Cc2ccccn2)C=NC(C(C)C)=C1Sc1cccc(F)c1. The van der Waals surface area contributed by atoms with Crippen molar-refractivity contribution >= 4 is 24.2 Å². The zero-order chi connectivity index (χ0) is 20.9. The van der Waals surface area contributed by atoms with Gasteiger partial charge in [-0.25, -0.2) is 18.7 Å². The van der Waals surface area contributed by atoms with Crippen LogP contribution in [0.4, 0.5) is 9.18 Å². The van der Waals surface area contributed by atoms with E-state index in [-0.39, 0.29) is 22.9 Å². The van der Waals surface area contributed by atoms with Gasteiger partial charge in [0.05, 0.1) is 5.69 Å². The van der Waals surface area contributed by atoms with Crippen molar-refractivity contribution in [3.63, 3.8) is 0 Å². The lowest BCUT2D eigenvalue weighted by Gasteiger charge is -2.31. The molecule has 1 aromatic carbocycles. The molecule has 1 unspecified atom stereocenters. The zero-order valence-corrected chi connectivity index (χ0v) is 17.4. The zero-order valence-electron chi connectivity index (χ0n) is 16.6. The Morgan fingerprint density at radius 3 is 2.76 bits per heavy atom. The van der Waals surface area contributed by atoms with E-state index in [9.17, 15) is 9.18 Å². The van der Waals surface area contributed by atoms with E-state index in [1.165, 1.54) is 30.9 Å². The van der Waals surface area contributed by atoms with E-state index in [1.54, 1.807) is 18.6 Å². The lowest BCUT2D eigenvalue weighted by atomic mass is 10.1. The molecular formula is C21H24FN4O2S+. The summed E-state index contributed by atoms with van der Waals surface area (Å²) in [4.78, 5) is 21.7. The number of amides is 1. The van der Waals surface area contributed by atoms with Crippen LogP contribution in [0.2, 0.25) is 0 Å². The molecule has 0 saturated carbocycles. The van der Waals surface area contributed by atoms with Crippen LogP contribution >= 0.6 is 11.8 Å². The molecule has 152 valence electrons. The molecule has 29 heavy (non-hydrogen) atoms. The predicted octanol–water partition coefficient (Wildman–Crippen LogP) is 4.51. The number of hydrogen-bond donors (Lipinski definition) is 1. The van der Waals surface area contributed by atoms with E-state index >= 15 is 0 Å². The number of hydrogen-bond acceptors (Lipinski definition) is 5. The standard InChI is InChI=1S/C21H23FN4O2S/c1-15(2)19-20(29-18-9-6-7-16(22)11-18)26(13-25-19,14-28-21(27)23-3)12-17-8-4-5-10-24-17/h4-11,13,15H,12,14H2,1-3H3/p+1. The molecule has 1 aliphatic heterocycles. The number of thioether (sulfide) groups is 1. The van der Waals surface area contributed by atoms with Crippen LogP contribution in [0.15, 0.2) is 69.3 Å². The molecule has 1 aliphatic rings. The number of nitrogens with one attached hydrogen (secondary N) is 1. The van der Waals surface area contributed by atoms with Crippen molar-refractivity contribution < 1.29 is 18.4 Å². The number of aliphatic imine (C=N–C) groups is 1. The number of nitrogens with zero attached hydrogens (tertiary/aromatic N) is 3. The fourth-order valence-corrected chi connectivity index (χ4v) is 4.25. The molecule has 0 saturated heterocycles. The molecule has 0 fully saturated rings. The van der Waals surface area contributed by atoms with Crippen molar-refractivity contribution in [3.05, 3.63) is 70.9 Å². The number of pyridine rings is 1. The van der Waals surface area contributed by atoms with Gasteiger partial charge in [-0.3, -0.25) is 4.98 Å². The average Bonchev–Trinajstić information content (AvgIpc) is 3.05. The maximum atomic E-state index is 13.8. The highest BCUT2D eigenvalue weighted by molar-refractivity contribution is 8.02. The van der Waals surface area contributed by atoms with Gasteiger partial charge in [-0.05, 0) is 42.1 Å². The van der Waals surface area contributed by atoms with Gasteiger partial charge in [0, 0.05) is 24.1 Å². The van der Waals surface area contributed by atoms with E-state index in [2.05, 4.69) is 29.1 Å². The first kappa shape index (κ1) is 21.0. The average molecular weight is 416 g/mol. The van der Waals surface area contributed by atoms with Crippen molar-refractivity contribution in [2.75, 3.05) is 13.8 Å². The number of aromatic nitrogens is 1. The molecule has 0 radical (unpaired) electrons. The summed E-state index contributed by atoms with van der Waals surface area (Å²) >= 11 is 1.43. The third kappa shape index (κ3) is 5.02. The Bertz CT molecular complexity index is 933. The van der Waals surface area contributed by atoms with Gasteiger partial charge in [0.2, 0.25) is 11.8 Å². The minimum absolute atomic E-state index is 0.0492. The van der Waals surface area contributed by atoms with Gasteiger partial charge >= 0.3 is 6.09 Å². The van der Waals surface area contributed by atoms with Crippen molar-refractivity contribution in [2.24, 2.45) is 10.9 Å². The van der Waals surface area contributed by atoms with Gasteiger partial charge in [-0.15, -0.1) is 0 Å². The first-order chi connectivity index (χ1) is 13.9. The normalized spacial score (nSPS) is 18.4. The van der Waals surface area contributed by atoms with Crippen molar-refractivity contribution in [1.29, 1.82) is 0 Å². The summed E-state index contributed by atoms with van der Waals surface area (Å²) in [6.07, 6.45) is 2.99. The summed E-state index contributed by atoms with van der Waals surface area (Å²) < 4.78 is 19.4. The van der Waals surface area contributed by atoms with E-state index in [4.69, 9.17) is 4.74 Å². The fraction of sp³-hybridized carbons (Fsp3) is 0.286. The molecule has 2 aromatic rings. The number of halogens is 1. The van der Waals surface area contributed by atoms with Crippen LogP contribution in [-0.2, 0) is 11.3 Å². The number of carbonyl (C=O) groups is 1. The first-order valence-electron chi connectivity index (χ1n) is 9.28. The number of alkyl carbamates (subject to hydrolysis) is 1. The molecule has 0 aliphatic carbocycles. The topological polar surface area (TPSA) is 63.6 Å². The lowest BCUT2D eigenvalue weighted by Crippen LogP contribution is -2.46. The molecule has 1 atom stereocenters. The second kappa shape index (κ2) is 9.19. The Balaban J connectivity index is 2.02. The number of benzene rings is 1. The van der Waals surface area contributed by atoms with Gasteiger partial charge in [-0.2, -0.15) is 0 Å². The molecule has 0 bridgehead atoms. The highest BCUT2D eigenvalue weighted by Gasteiger charge is 2.42. The summed E-state index contributed by atoms with van der Waals surface area (Å²) in [6.45, 7) is 4.61. The summed E-state index contributed by atoms with van der Waals surface area (Å²) in [7, 11) is 1.52. The number of allylic oxidation sites excluding steroid dienone is 1. The van der Waals surface area contributed by atoms with Crippen LogP contribution in [-0.4, -0.2) is 35.7 Å². The van der Waals surface area contributed by atoms with Gasteiger partial charge in [-0.1, -0.05) is 26.0 Å². The highest BCUT2D eigenvalue weighted by Crippen LogP contribution is 2.42. The minimum atomic E-state index is -0.523. The third-order valence-corrected chi connectivity index (χ3v) is 5.66. The number of carbonyl (C=O) groups excluding carboxylic acids is 1. The first-order valence-corrected chi connectivity index (χ1v) is 10.1. The van der Waals surface area contributed by atoms with E-state index in [1.807, 2.05) is 24.3 Å². The summed E-state index contributed by atoms with van der Waals surface area (Å²) in [5.41, 5.74) is 1.72. The summed E-state index contributed by atoms with van der Waals surface area (Å²) in [5.74, 6) is -0.156. The van der Waals surface area contributed by atoms with Crippen LogP contribution in [0.3, 0.4) is 0 Å². The molecule has 1 N–H and O–H groups in total. The van der Waals surface area contributed by atoms with Crippen LogP contribution in [0.1, 0.15) is 19.5 Å². The smallest absolute Gasteiger partial charge is 0.398 e. The van der Waals surface area contributed by atoms with Crippen LogP contribution in [0.5, 0.6) is 0 Å². The Labute approximate surface area is 174 Å². The Morgan fingerprint density at radius 2 is 2.10 bits per heavy atom. The maximum absolute atomic E-state index is 13.8. The van der Waals surface area contributed by atoms with E-state index in [0.717, 1.165) is 21.3 Å². The summed E-state index contributed by atoms with van der Waals surface area (Å²) in [6, 6.07) is 12.1.